The Labute approximate surface area is 239 Å². The quantitative estimate of drug-likeness (QED) is 0.110. The number of carbonyl (C=O) groups is 2. The van der Waals surface area contributed by atoms with E-state index >= 15 is 0 Å². The monoisotopic (exact) mass is 635 g/mol. The van der Waals surface area contributed by atoms with Gasteiger partial charge in [-0.25, -0.2) is 4.79 Å². The van der Waals surface area contributed by atoms with E-state index in [1.807, 2.05) is 49.5 Å². The summed E-state index contributed by atoms with van der Waals surface area (Å²) < 4.78 is 12.5. The first-order chi connectivity index (χ1) is 18.9. The first-order valence-corrected chi connectivity index (χ1v) is 13.3. The summed E-state index contributed by atoms with van der Waals surface area (Å²) in [4.78, 5) is 27.0. The number of halogens is 1. The van der Waals surface area contributed by atoms with Gasteiger partial charge in [0.2, 0.25) is 0 Å². The SMILES string of the molecule is CCOc1cc(/C=C(/C#N)C(=O)NCCc2c[nH]c3ccccc23)cc(I)c1OCc1ccc(C(=O)O)cc1. The third-order valence-electron chi connectivity index (χ3n) is 5.95. The first kappa shape index (κ1) is 27.7. The van der Waals surface area contributed by atoms with Gasteiger partial charge in [-0.05, 0) is 89.0 Å². The lowest BCUT2D eigenvalue weighted by Gasteiger charge is -2.15. The van der Waals surface area contributed by atoms with Gasteiger partial charge in [0.1, 0.15) is 18.2 Å². The van der Waals surface area contributed by atoms with E-state index in [4.69, 9.17) is 14.6 Å². The Kier molecular flexibility index (Phi) is 9.22. The number of para-hydroxylation sites is 1. The summed E-state index contributed by atoms with van der Waals surface area (Å²) in [6.07, 6.45) is 4.09. The third kappa shape index (κ3) is 6.97. The number of fused-ring (bicyclic) bond motifs is 1. The maximum Gasteiger partial charge on any atom is 0.335 e. The first-order valence-electron chi connectivity index (χ1n) is 12.3. The molecule has 0 aliphatic rings. The number of hydrogen-bond acceptors (Lipinski definition) is 5. The average Bonchev–Trinajstić information content (AvgIpc) is 3.34. The number of aromatic carboxylic acids is 1. The molecule has 0 saturated heterocycles. The van der Waals surface area contributed by atoms with Gasteiger partial charge in [0.25, 0.3) is 5.91 Å². The van der Waals surface area contributed by atoms with Crippen LogP contribution in [0.2, 0.25) is 0 Å². The minimum Gasteiger partial charge on any atom is -0.490 e. The topological polar surface area (TPSA) is 124 Å². The van der Waals surface area contributed by atoms with Gasteiger partial charge < -0.3 is 24.9 Å². The smallest absolute Gasteiger partial charge is 0.335 e. The second-order valence-corrected chi connectivity index (χ2v) is 9.75. The molecule has 3 N–H and O–H groups in total. The van der Waals surface area contributed by atoms with Crippen LogP contribution in [0.5, 0.6) is 11.5 Å². The van der Waals surface area contributed by atoms with Crippen molar-refractivity contribution in [1.82, 2.24) is 10.3 Å². The third-order valence-corrected chi connectivity index (χ3v) is 6.75. The normalized spacial score (nSPS) is 11.2. The molecule has 0 saturated carbocycles. The summed E-state index contributed by atoms with van der Waals surface area (Å²) in [7, 11) is 0. The zero-order chi connectivity index (χ0) is 27.8. The molecular weight excluding hydrogens is 609 g/mol. The molecule has 0 unspecified atom stereocenters. The number of hydrogen-bond donors (Lipinski definition) is 3. The Morgan fingerprint density at radius 1 is 1.13 bits per heavy atom. The molecule has 0 bridgehead atoms. The Morgan fingerprint density at radius 2 is 1.90 bits per heavy atom. The summed E-state index contributed by atoms with van der Waals surface area (Å²) in [5.41, 5.74) is 3.76. The lowest BCUT2D eigenvalue weighted by Crippen LogP contribution is -2.26. The van der Waals surface area contributed by atoms with E-state index in [0.29, 0.717) is 36.6 Å². The fourth-order valence-electron chi connectivity index (χ4n) is 4.03. The molecule has 0 spiro atoms. The number of amides is 1. The van der Waals surface area contributed by atoms with Crippen molar-refractivity contribution in [3.05, 3.63) is 98.3 Å². The summed E-state index contributed by atoms with van der Waals surface area (Å²) in [5.74, 6) is -0.428. The van der Waals surface area contributed by atoms with Gasteiger partial charge in [-0.15, -0.1) is 0 Å². The average molecular weight is 635 g/mol. The van der Waals surface area contributed by atoms with Crippen molar-refractivity contribution in [2.45, 2.75) is 20.0 Å². The number of aromatic nitrogens is 1. The fourth-order valence-corrected chi connectivity index (χ4v) is 4.81. The molecule has 8 nitrogen and oxygen atoms in total. The Bertz CT molecular complexity index is 1570. The second kappa shape index (κ2) is 13.0. The molecule has 0 fully saturated rings. The Hall–Kier alpha value is -4.30. The van der Waals surface area contributed by atoms with Gasteiger partial charge >= 0.3 is 5.97 Å². The molecule has 3 aromatic carbocycles. The lowest BCUT2D eigenvalue weighted by atomic mass is 10.1. The molecule has 1 amide bonds. The number of carboxylic acid groups (broad SMARTS) is 1. The second-order valence-electron chi connectivity index (χ2n) is 8.59. The molecule has 198 valence electrons. The van der Waals surface area contributed by atoms with Crippen LogP contribution in [-0.2, 0) is 17.8 Å². The molecule has 1 heterocycles. The maximum absolute atomic E-state index is 12.8. The molecule has 4 rings (SSSR count). The highest BCUT2D eigenvalue weighted by molar-refractivity contribution is 14.1. The minimum absolute atomic E-state index is 0.0145. The molecule has 4 aromatic rings. The van der Waals surface area contributed by atoms with Crippen molar-refractivity contribution in [2.75, 3.05) is 13.2 Å². The highest BCUT2D eigenvalue weighted by Gasteiger charge is 2.15. The number of benzene rings is 3. The number of carbonyl (C=O) groups excluding carboxylic acids is 1. The number of H-pyrrole nitrogens is 1. The molecule has 9 heteroatoms. The van der Waals surface area contributed by atoms with Gasteiger partial charge in [0.15, 0.2) is 11.5 Å². The summed E-state index contributed by atoms with van der Waals surface area (Å²) >= 11 is 2.12. The van der Waals surface area contributed by atoms with E-state index in [0.717, 1.165) is 25.6 Å². The van der Waals surface area contributed by atoms with Gasteiger partial charge in [-0.2, -0.15) is 5.26 Å². The number of carboxylic acids is 1. The molecule has 1 aromatic heterocycles. The largest absolute Gasteiger partial charge is 0.490 e. The minimum atomic E-state index is -0.987. The molecule has 0 aliphatic carbocycles. The van der Waals surface area contributed by atoms with Crippen molar-refractivity contribution >= 4 is 51.4 Å². The van der Waals surface area contributed by atoms with Crippen LogP contribution in [0, 0.1) is 14.9 Å². The summed E-state index contributed by atoms with van der Waals surface area (Å²) in [5, 5.41) is 22.7. The Morgan fingerprint density at radius 3 is 2.62 bits per heavy atom. The molecular formula is C30H26IN3O5. The van der Waals surface area contributed by atoms with Crippen LogP contribution in [0.3, 0.4) is 0 Å². The number of aromatic amines is 1. The zero-order valence-corrected chi connectivity index (χ0v) is 23.3. The predicted octanol–water partition coefficient (Wildman–Crippen LogP) is 5.71. The van der Waals surface area contributed by atoms with Crippen LogP contribution in [0.4, 0.5) is 0 Å². The van der Waals surface area contributed by atoms with E-state index in [1.165, 1.54) is 18.2 Å². The highest BCUT2D eigenvalue weighted by Crippen LogP contribution is 2.35. The van der Waals surface area contributed by atoms with Gasteiger partial charge in [0, 0.05) is 23.6 Å². The fraction of sp³-hybridized carbons (Fsp3) is 0.167. The van der Waals surface area contributed by atoms with Crippen molar-refractivity contribution < 1.29 is 24.2 Å². The maximum atomic E-state index is 12.8. The van der Waals surface area contributed by atoms with Crippen LogP contribution in [0.1, 0.15) is 34.0 Å². The standard InChI is InChI=1S/C30H26IN3O5/c1-2-38-27-15-20(14-25(31)28(27)39-18-19-7-9-21(10-8-19)30(36)37)13-23(16-32)29(35)33-12-11-22-17-34-26-6-4-3-5-24(22)26/h3-10,13-15,17,34H,2,11-12,18H2,1H3,(H,33,35)(H,36,37)/b23-13-. The van der Waals surface area contributed by atoms with Crippen molar-refractivity contribution in [2.24, 2.45) is 0 Å². The number of nitrogens with zero attached hydrogens (tertiary/aromatic N) is 1. The van der Waals surface area contributed by atoms with Crippen LogP contribution in [-0.4, -0.2) is 35.1 Å². The van der Waals surface area contributed by atoms with Crippen molar-refractivity contribution in [3.8, 4) is 17.6 Å². The summed E-state index contributed by atoms with van der Waals surface area (Å²) in [6, 6.07) is 20.0. The Balaban J connectivity index is 1.45. The van der Waals surface area contributed by atoms with E-state index in [9.17, 15) is 14.9 Å². The molecule has 0 aliphatic heterocycles. The van der Waals surface area contributed by atoms with Crippen molar-refractivity contribution in [3.63, 3.8) is 0 Å². The van der Waals surface area contributed by atoms with Gasteiger partial charge in [0.05, 0.1) is 15.7 Å². The number of nitriles is 1. The number of ether oxygens (including phenoxy) is 2. The van der Waals surface area contributed by atoms with E-state index in [2.05, 4.69) is 32.9 Å². The van der Waals surface area contributed by atoms with Crippen LogP contribution in [0.15, 0.2) is 72.4 Å². The molecule has 0 atom stereocenters. The van der Waals surface area contributed by atoms with Gasteiger partial charge in [-0.3, -0.25) is 4.79 Å². The van der Waals surface area contributed by atoms with Crippen LogP contribution >= 0.6 is 22.6 Å². The number of rotatable bonds is 11. The van der Waals surface area contributed by atoms with E-state index in [1.54, 1.807) is 18.2 Å². The zero-order valence-electron chi connectivity index (χ0n) is 21.2. The highest BCUT2D eigenvalue weighted by atomic mass is 127. The lowest BCUT2D eigenvalue weighted by molar-refractivity contribution is -0.117. The van der Waals surface area contributed by atoms with E-state index < -0.39 is 11.9 Å². The predicted molar refractivity (Wildman–Crippen MR) is 157 cm³/mol. The molecule has 0 radical (unpaired) electrons. The summed E-state index contributed by atoms with van der Waals surface area (Å²) in [6.45, 7) is 2.85. The van der Waals surface area contributed by atoms with Gasteiger partial charge in [-0.1, -0.05) is 30.3 Å². The molecule has 39 heavy (non-hydrogen) atoms. The van der Waals surface area contributed by atoms with E-state index in [-0.39, 0.29) is 17.7 Å². The van der Waals surface area contributed by atoms with Crippen molar-refractivity contribution in [1.29, 1.82) is 5.26 Å². The van der Waals surface area contributed by atoms with Crippen LogP contribution < -0.4 is 14.8 Å². The number of nitrogens with one attached hydrogen (secondary N) is 2. The van der Waals surface area contributed by atoms with Crippen LogP contribution in [0.25, 0.3) is 17.0 Å².